The molecule has 6 rings (SSSR count). The van der Waals surface area contributed by atoms with Gasteiger partial charge in [0.2, 0.25) is 23.5 Å². The van der Waals surface area contributed by atoms with Gasteiger partial charge in [-0.25, -0.2) is 4.98 Å². The Morgan fingerprint density at radius 3 is 2.46 bits per heavy atom. The highest BCUT2D eigenvalue weighted by Gasteiger charge is 2.33. The Morgan fingerprint density at radius 2 is 1.75 bits per heavy atom. The van der Waals surface area contributed by atoms with Crippen LogP contribution in [-0.4, -0.2) is 76.0 Å². The molecule has 1 aliphatic carbocycles. The van der Waals surface area contributed by atoms with Crippen LogP contribution in [-0.2, 0) is 29.1 Å². The molecule has 0 spiro atoms. The molecule has 2 aromatic carbocycles. The number of aliphatic hydroxyl groups excluding tert-OH is 1. The number of nitrogens with zero attached hydrogens (tertiary/aromatic N) is 3. The summed E-state index contributed by atoms with van der Waals surface area (Å²) < 4.78 is 17.5. The number of methoxy groups -OCH3 is 2. The topological polar surface area (TPSA) is 177 Å². The number of nitrogens with one attached hydrogen (secondary N) is 3. The second kappa shape index (κ2) is 16.0. The zero-order chi connectivity index (χ0) is 37.0. The number of hydrogen-bond donors (Lipinski definition) is 5. The summed E-state index contributed by atoms with van der Waals surface area (Å²) in [6.45, 7) is 1.88. The van der Waals surface area contributed by atoms with Gasteiger partial charge in [-0.2, -0.15) is 4.98 Å². The van der Waals surface area contributed by atoms with Crippen molar-refractivity contribution in [3.8, 4) is 40.0 Å². The summed E-state index contributed by atoms with van der Waals surface area (Å²) in [7, 11) is 3.01. The van der Waals surface area contributed by atoms with Crippen molar-refractivity contribution in [2.45, 2.75) is 63.4 Å². The number of benzene rings is 2. The van der Waals surface area contributed by atoms with E-state index in [1.54, 1.807) is 19.4 Å². The fourth-order valence-corrected chi connectivity index (χ4v) is 6.98. The van der Waals surface area contributed by atoms with Crippen LogP contribution in [0.2, 0.25) is 10.0 Å². The number of ether oxygens (including phenoxy) is 3. The number of aliphatic hydroxyl groups is 1. The van der Waals surface area contributed by atoms with E-state index in [0.29, 0.717) is 59.3 Å². The number of carboxylic acids is 1. The van der Waals surface area contributed by atoms with Crippen molar-refractivity contribution in [1.82, 2.24) is 30.9 Å². The van der Waals surface area contributed by atoms with Gasteiger partial charge in [0.25, 0.3) is 0 Å². The van der Waals surface area contributed by atoms with E-state index in [-0.39, 0.29) is 41.4 Å². The summed E-state index contributed by atoms with van der Waals surface area (Å²) in [6.07, 6.45) is 4.09. The summed E-state index contributed by atoms with van der Waals surface area (Å²) >= 11 is 13.7. The third kappa shape index (κ3) is 7.79. The maximum absolute atomic E-state index is 11.6. The van der Waals surface area contributed by atoms with Crippen molar-refractivity contribution < 1.29 is 34.0 Å². The van der Waals surface area contributed by atoms with Gasteiger partial charge in [0, 0.05) is 48.8 Å². The van der Waals surface area contributed by atoms with Gasteiger partial charge in [0.15, 0.2) is 0 Å². The third-order valence-electron chi connectivity index (χ3n) is 9.44. The molecule has 15 heteroatoms. The summed E-state index contributed by atoms with van der Waals surface area (Å²) in [5.74, 6) is -0.326. The molecule has 52 heavy (non-hydrogen) atoms. The Labute approximate surface area is 311 Å². The standard InChI is InChI=1S/C37H40Cl2N6O7/c1-37(19-46,36(48)49)42-15-20-14-27(38)34(45-33(20)50-2)52-30-12-11-23-22(6-4-7-24(23)30)25-8-5-9-26(32(25)39)28-18-41-29(35(44-28)51-3)17-40-16-21-10-13-31(47)43-21/h4-9,14,18,21,30,40,42,46H,10-13,15-17,19H2,1-3H3,(H,43,47)(H,48,49)/t21-,30-,37?/m0/s1. The predicted molar refractivity (Wildman–Crippen MR) is 195 cm³/mol. The highest BCUT2D eigenvalue weighted by atomic mass is 35.5. The lowest BCUT2D eigenvalue weighted by Gasteiger charge is -2.24. The largest absolute Gasteiger partial charge is 0.481 e. The van der Waals surface area contributed by atoms with Gasteiger partial charge in [-0.1, -0.05) is 59.6 Å². The molecule has 1 amide bonds. The second-order valence-corrected chi connectivity index (χ2v) is 13.7. The van der Waals surface area contributed by atoms with E-state index in [1.807, 2.05) is 36.4 Å². The Bertz CT molecular complexity index is 1980. The molecule has 3 atom stereocenters. The molecule has 4 aromatic rings. The molecular weight excluding hydrogens is 711 g/mol. The number of halogens is 2. The normalized spacial score (nSPS) is 17.7. The summed E-state index contributed by atoms with van der Waals surface area (Å²) in [4.78, 5) is 37.0. The lowest BCUT2D eigenvalue weighted by Crippen LogP contribution is -2.52. The lowest BCUT2D eigenvalue weighted by molar-refractivity contribution is -0.146. The van der Waals surface area contributed by atoms with Crippen LogP contribution in [0.1, 0.15) is 54.7 Å². The molecule has 0 saturated carbocycles. The number of carbonyl (C=O) groups excluding carboxylic acids is 1. The minimum Gasteiger partial charge on any atom is -0.481 e. The van der Waals surface area contributed by atoms with Gasteiger partial charge in [-0.15, -0.1) is 0 Å². The molecule has 1 saturated heterocycles. The number of hydrogen-bond acceptors (Lipinski definition) is 11. The van der Waals surface area contributed by atoms with E-state index < -0.39 is 18.1 Å². The number of rotatable bonds is 15. The van der Waals surface area contributed by atoms with E-state index in [0.717, 1.165) is 35.1 Å². The fourth-order valence-electron chi connectivity index (χ4n) is 6.44. The van der Waals surface area contributed by atoms with Crippen LogP contribution in [0.15, 0.2) is 48.7 Å². The monoisotopic (exact) mass is 750 g/mol. The summed E-state index contributed by atoms with van der Waals surface area (Å²) in [5, 5.41) is 29.0. The zero-order valence-corrected chi connectivity index (χ0v) is 30.5. The minimum absolute atomic E-state index is 0.0387. The number of carbonyl (C=O) groups is 2. The average molecular weight is 752 g/mol. The van der Waals surface area contributed by atoms with Crippen LogP contribution in [0, 0.1) is 0 Å². The molecule has 13 nitrogen and oxygen atoms in total. The molecule has 5 N–H and O–H groups in total. The minimum atomic E-state index is -1.56. The van der Waals surface area contributed by atoms with Crippen LogP contribution in [0.25, 0.3) is 22.4 Å². The number of aliphatic carboxylic acids is 1. The van der Waals surface area contributed by atoms with E-state index in [4.69, 9.17) is 42.4 Å². The van der Waals surface area contributed by atoms with Gasteiger partial charge in [-0.05, 0) is 48.9 Å². The quantitative estimate of drug-likeness (QED) is 0.111. The fraction of sp³-hybridized carbons (Fsp3) is 0.378. The molecule has 0 radical (unpaired) electrons. The van der Waals surface area contributed by atoms with Gasteiger partial charge in [-0.3, -0.25) is 19.9 Å². The average Bonchev–Trinajstić information content (AvgIpc) is 3.76. The SMILES string of the molecule is COc1nc(O[C@H]2CCc3c(-c4cccc(-c5cnc(CNC[C@@H]6CCC(=O)N6)c(OC)n5)c4Cl)cccc32)c(Cl)cc1CNC(C)(CO)C(=O)O. The van der Waals surface area contributed by atoms with Crippen LogP contribution in [0.3, 0.4) is 0 Å². The van der Waals surface area contributed by atoms with Crippen LogP contribution in [0.4, 0.5) is 0 Å². The van der Waals surface area contributed by atoms with Gasteiger partial charge >= 0.3 is 5.97 Å². The molecule has 1 aliphatic heterocycles. The Balaban J connectivity index is 1.20. The maximum Gasteiger partial charge on any atom is 0.326 e. The van der Waals surface area contributed by atoms with Gasteiger partial charge in [0.1, 0.15) is 22.4 Å². The van der Waals surface area contributed by atoms with E-state index in [1.165, 1.54) is 14.0 Å². The van der Waals surface area contributed by atoms with Gasteiger partial charge in [0.05, 0.1) is 37.7 Å². The molecule has 2 aliphatic rings. The maximum atomic E-state index is 11.6. The van der Waals surface area contributed by atoms with Gasteiger partial charge < -0.3 is 35.1 Å². The van der Waals surface area contributed by atoms with E-state index >= 15 is 0 Å². The van der Waals surface area contributed by atoms with E-state index in [2.05, 4.69) is 25.9 Å². The van der Waals surface area contributed by atoms with Crippen LogP contribution in [0.5, 0.6) is 17.6 Å². The number of pyridine rings is 1. The smallest absolute Gasteiger partial charge is 0.326 e. The first-order chi connectivity index (χ1) is 25.0. The molecule has 2 aromatic heterocycles. The van der Waals surface area contributed by atoms with Crippen LogP contribution < -0.4 is 30.2 Å². The number of carboxylic acid groups (broad SMARTS) is 1. The first-order valence-corrected chi connectivity index (χ1v) is 17.6. The molecule has 1 unspecified atom stereocenters. The van der Waals surface area contributed by atoms with Crippen molar-refractivity contribution in [3.05, 3.63) is 81.1 Å². The van der Waals surface area contributed by atoms with Crippen LogP contribution >= 0.6 is 23.2 Å². The number of fused-ring (bicyclic) bond motifs is 1. The second-order valence-electron chi connectivity index (χ2n) is 12.9. The predicted octanol–water partition coefficient (Wildman–Crippen LogP) is 4.89. The zero-order valence-electron chi connectivity index (χ0n) is 29.0. The van der Waals surface area contributed by atoms with Crippen molar-refractivity contribution in [3.63, 3.8) is 0 Å². The molecular formula is C37H40Cl2N6O7. The van der Waals surface area contributed by atoms with Crippen molar-refractivity contribution >= 4 is 35.1 Å². The molecule has 274 valence electrons. The highest BCUT2D eigenvalue weighted by Crippen LogP contribution is 2.44. The first-order valence-electron chi connectivity index (χ1n) is 16.9. The Kier molecular flexibility index (Phi) is 11.5. The first kappa shape index (κ1) is 37.2. The highest BCUT2D eigenvalue weighted by molar-refractivity contribution is 6.36. The van der Waals surface area contributed by atoms with Crippen molar-refractivity contribution in [2.75, 3.05) is 27.4 Å². The van der Waals surface area contributed by atoms with Crippen molar-refractivity contribution in [2.24, 2.45) is 0 Å². The number of amides is 1. The van der Waals surface area contributed by atoms with E-state index in [9.17, 15) is 19.8 Å². The lowest BCUT2D eigenvalue weighted by atomic mass is 9.95. The Morgan fingerprint density at radius 1 is 1.00 bits per heavy atom. The molecule has 3 heterocycles. The number of aromatic nitrogens is 3. The molecule has 0 bridgehead atoms. The third-order valence-corrected chi connectivity index (χ3v) is 10.1. The Hall–Kier alpha value is -4.53. The molecule has 1 fully saturated rings. The summed E-state index contributed by atoms with van der Waals surface area (Å²) in [5.41, 5.74) is 4.77. The van der Waals surface area contributed by atoms with Crippen molar-refractivity contribution in [1.29, 1.82) is 0 Å². The summed E-state index contributed by atoms with van der Waals surface area (Å²) in [6, 6.07) is 13.5.